The Bertz CT molecular complexity index is 1740. The van der Waals surface area contributed by atoms with Crippen LogP contribution in [0, 0.1) is 18.6 Å². The molecule has 3 aromatic heterocycles. The van der Waals surface area contributed by atoms with Crippen LogP contribution in [0.3, 0.4) is 0 Å². The lowest BCUT2D eigenvalue weighted by Gasteiger charge is -2.40. The minimum atomic E-state index is -0.897. The lowest BCUT2D eigenvalue weighted by Crippen LogP contribution is -2.54. The number of carbonyl (C=O) groups excluding carboxylic acids is 1. The first-order valence-corrected chi connectivity index (χ1v) is 13.3. The number of hydrogen-bond acceptors (Lipinski definition) is 7. The monoisotopic (exact) mass is 596 g/mol. The quantitative estimate of drug-likeness (QED) is 0.327. The summed E-state index contributed by atoms with van der Waals surface area (Å²) in [7, 11) is 0. The Morgan fingerprint density at radius 3 is 2.55 bits per heavy atom. The molecule has 0 spiro atoms. The van der Waals surface area contributed by atoms with Gasteiger partial charge in [0.25, 0.3) is 0 Å². The van der Waals surface area contributed by atoms with Gasteiger partial charge in [-0.3, -0.25) is 9.78 Å². The van der Waals surface area contributed by atoms with Crippen LogP contribution >= 0.6 is 12.4 Å². The highest BCUT2D eigenvalue weighted by Gasteiger charge is 2.31. The zero-order chi connectivity index (χ0) is 29.6. The van der Waals surface area contributed by atoms with Crippen LogP contribution in [0.5, 0.6) is 5.75 Å². The summed E-state index contributed by atoms with van der Waals surface area (Å²) in [5.74, 6) is -2.35. The molecule has 1 aromatic carbocycles. The molecule has 1 aliphatic heterocycles. The van der Waals surface area contributed by atoms with E-state index < -0.39 is 34.3 Å². The van der Waals surface area contributed by atoms with Gasteiger partial charge in [0.2, 0.25) is 5.91 Å². The van der Waals surface area contributed by atoms with E-state index in [2.05, 4.69) is 21.5 Å². The highest BCUT2D eigenvalue weighted by molar-refractivity contribution is 5.91. The second-order valence-corrected chi connectivity index (χ2v) is 10.4. The molecular formula is C30H31ClF2N6O3. The molecule has 0 saturated carbocycles. The predicted octanol–water partition coefficient (Wildman–Crippen LogP) is 4.90. The summed E-state index contributed by atoms with van der Waals surface area (Å²) in [6.45, 7) is 12.1. The average molecular weight is 597 g/mol. The Balaban J connectivity index is 0.00000405. The minimum absolute atomic E-state index is 0. The van der Waals surface area contributed by atoms with Gasteiger partial charge in [0, 0.05) is 31.9 Å². The van der Waals surface area contributed by atoms with Gasteiger partial charge in [0.15, 0.2) is 11.5 Å². The lowest BCUT2D eigenvalue weighted by molar-refractivity contribution is -0.126. The molecule has 1 aliphatic rings. The number of halogens is 3. The van der Waals surface area contributed by atoms with Gasteiger partial charge >= 0.3 is 5.69 Å². The van der Waals surface area contributed by atoms with Gasteiger partial charge in [-0.05, 0) is 55.7 Å². The fourth-order valence-corrected chi connectivity index (χ4v) is 5.33. The Hall–Kier alpha value is -4.38. The number of anilines is 1. The largest absolute Gasteiger partial charge is 0.507 e. The van der Waals surface area contributed by atoms with Crippen LogP contribution in [-0.2, 0) is 4.79 Å². The second-order valence-electron chi connectivity index (χ2n) is 10.4. The van der Waals surface area contributed by atoms with Crippen molar-refractivity contribution in [3.63, 3.8) is 0 Å². The number of carbonyl (C=O) groups is 1. The van der Waals surface area contributed by atoms with E-state index in [9.17, 15) is 19.1 Å². The molecule has 0 aliphatic carbocycles. The number of pyridine rings is 2. The highest BCUT2D eigenvalue weighted by Crippen LogP contribution is 2.36. The molecule has 1 fully saturated rings. The first-order valence-electron chi connectivity index (χ1n) is 13.3. The Morgan fingerprint density at radius 2 is 1.90 bits per heavy atom. The van der Waals surface area contributed by atoms with Crippen LogP contribution in [0.15, 0.2) is 54.0 Å². The number of piperazine rings is 1. The molecule has 42 heavy (non-hydrogen) atoms. The van der Waals surface area contributed by atoms with Crippen molar-refractivity contribution in [2.75, 3.05) is 24.5 Å². The fraction of sp³-hybridized carbons (Fsp3) is 0.300. The maximum atomic E-state index is 15.8. The zero-order valence-corrected chi connectivity index (χ0v) is 24.5. The molecule has 9 nitrogen and oxygen atoms in total. The second kappa shape index (κ2) is 11.8. The van der Waals surface area contributed by atoms with Gasteiger partial charge in [-0.1, -0.05) is 26.5 Å². The number of aryl methyl sites for hydroxylation is 1. The third-order valence-electron chi connectivity index (χ3n) is 7.34. The number of aromatic nitrogens is 4. The lowest BCUT2D eigenvalue weighted by atomic mass is 10.0. The Labute approximate surface area is 247 Å². The van der Waals surface area contributed by atoms with E-state index >= 15 is 4.39 Å². The number of phenols is 1. The summed E-state index contributed by atoms with van der Waals surface area (Å²) in [6, 6.07) is 6.27. The number of rotatable bonds is 5. The van der Waals surface area contributed by atoms with Crippen LogP contribution in [0.1, 0.15) is 37.9 Å². The number of phenolic OH excluding ortho intramolecular Hbond substituents is 1. The van der Waals surface area contributed by atoms with E-state index in [1.54, 1.807) is 17.2 Å². The summed E-state index contributed by atoms with van der Waals surface area (Å²) in [5, 5.41) is 10.7. The van der Waals surface area contributed by atoms with E-state index in [4.69, 9.17) is 0 Å². The number of fused-ring (bicyclic) bond motifs is 1. The van der Waals surface area contributed by atoms with Crippen molar-refractivity contribution in [1.82, 2.24) is 24.4 Å². The summed E-state index contributed by atoms with van der Waals surface area (Å²) in [4.78, 5) is 43.0. The topological polar surface area (TPSA) is 104 Å². The summed E-state index contributed by atoms with van der Waals surface area (Å²) < 4.78 is 32.0. The van der Waals surface area contributed by atoms with Crippen LogP contribution in [0.4, 0.5) is 14.6 Å². The van der Waals surface area contributed by atoms with E-state index in [1.165, 1.54) is 22.8 Å². The van der Waals surface area contributed by atoms with E-state index in [0.29, 0.717) is 36.6 Å². The zero-order valence-electron chi connectivity index (χ0n) is 23.6. The molecule has 0 bridgehead atoms. The van der Waals surface area contributed by atoms with Crippen molar-refractivity contribution >= 4 is 35.2 Å². The van der Waals surface area contributed by atoms with Crippen molar-refractivity contribution in [2.24, 2.45) is 0 Å². The summed E-state index contributed by atoms with van der Waals surface area (Å²) >= 11 is 0. The third-order valence-corrected chi connectivity index (χ3v) is 7.34. The third kappa shape index (κ3) is 5.20. The number of amides is 1. The number of benzene rings is 1. The molecule has 1 saturated heterocycles. The average Bonchev–Trinajstić information content (AvgIpc) is 2.93. The number of nitrogens with zero attached hydrogens (tertiary/aromatic N) is 6. The molecule has 5 rings (SSSR count). The van der Waals surface area contributed by atoms with Crippen LogP contribution in [0.2, 0.25) is 0 Å². The van der Waals surface area contributed by atoms with Crippen molar-refractivity contribution in [1.29, 1.82) is 0 Å². The normalized spacial score (nSPS) is 15.2. The van der Waals surface area contributed by atoms with Crippen molar-refractivity contribution < 1.29 is 18.7 Å². The van der Waals surface area contributed by atoms with Crippen LogP contribution in [-0.4, -0.2) is 61.1 Å². The van der Waals surface area contributed by atoms with Crippen molar-refractivity contribution in [3.8, 4) is 22.7 Å². The number of hydrogen-bond donors (Lipinski definition) is 1. The maximum absolute atomic E-state index is 15.8. The van der Waals surface area contributed by atoms with Crippen LogP contribution in [0.25, 0.3) is 28.0 Å². The smallest absolute Gasteiger partial charge is 0.355 e. The van der Waals surface area contributed by atoms with Crippen molar-refractivity contribution in [2.45, 2.75) is 39.7 Å². The first-order chi connectivity index (χ1) is 19.5. The van der Waals surface area contributed by atoms with Gasteiger partial charge in [0.1, 0.15) is 23.1 Å². The summed E-state index contributed by atoms with van der Waals surface area (Å²) in [5.41, 5.74) is 0.275. The van der Waals surface area contributed by atoms with E-state index in [0.717, 1.165) is 12.1 Å². The van der Waals surface area contributed by atoms with Crippen molar-refractivity contribution in [3.05, 3.63) is 82.6 Å². The Morgan fingerprint density at radius 1 is 1.17 bits per heavy atom. The SMILES string of the molecule is C=CC(=O)N1CCN(c2nc(=O)n(-c3c(C)ccnc3C(C)C)c3nc(-c4c(O)cccc4F)c(F)cc23)[C@@H](C)C1.Cl. The molecule has 1 amide bonds. The molecule has 1 N–H and O–H groups in total. The van der Waals surface area contributed by atoms with Gasteiger partial charge in [-0.2, -0.15) is 4.98 Å². The molecule has 0 radical (unpaired) electrons. The number of aromatic hydroxyl groups is 1. The Kier molecular flexibility index (Phi) is 8.63. The van der Waals surface area contributed by atoms with Gasteiger partial charge in [0.05, 0.1) is 22.3 Å². The molecule has 1 atom stereocenters. The standard InChI is InChI=1S/C30H30F2N6O3.ClH/c1-6-23(40)36-12-13-37(18(5)15-36)28-19-14-21(32)26(24-20(31)8-7-9-22(24)39)34-29(19)38(30(41)35-28)27-17(4)10-11-33-25(27)16(2)3;/h6-11,14,16,18,39H,1,12-13,15H2,2-5H3;1H/t18-;/m0./s1. The molecule has 0 unspecified atom stereocenters. The highest BCUT2D eigenvalue weighted by atomic mass is 35.5. The predicted molar refractivity (Wildman–Crippen MR) is 160 cm³/mol. The first kappa shape index (κ1) is 30.6. The van der Waals surface area contributed by atoms with E-state index in [1.807, 2.05) is 32.6 Å². The molecular weight excluding hydrogens is 566 g/mol. The van der Waals surface area contributed by atoms with Crippen LogP contribution < -0.4 is 10.6 Å². The van der Waals surface area contributed by atoms with Gasteiger partial charge in [-0.25, -0.2) is 23.1 Å². The van der Waals surface area contributed by atoms with E-state index in [-0.39, 0.29) is 47.1 Å². The molecule has 4 heterocycles. The minimum Gasteiger partial charge on any atom is -0.507 e. The maximum Gasteiger partial charge on any atom is 0.355 e. The molecule has 12 heteroatoms. The van der Waals surface area contributed by atoms with Gasteiger partial charge in [-0.15, -0.1) is 12.4 Å². The fourth-order valence-electron chi connectivity index (χ4n) is 5.33. The van der Waals surface area contributed by atoms with Gasteiger partial charge < -0.3 is 14.9 Å². The molecule has 4 aromatic rings. The summed E-state index contributed by atoms with van der Waals surface area (Å²) in [6.07, 6.45) is 2.89. The molecule has 220 valence electrons.